The van der Waals surface area contributed by atoms with Crippen molar-refractivity contribution < 1.29 is 23.3 Å². The zero-order chi connectivity index (χ0) is 6.69. The molecule has 0 saturated heterocycles. The van der Waals surface area contributed by atoms with Crippen molar-refractivity contribution in [3.05, 3.63) is 24.3 Å². The van der Waals surface area contributed by atoms with Crippen LogP contribution in [0.25, 0.3) is 0 Å². The number of nitrogen functional groups attached to an aromatic ring is 1. The van der Waals surface area contributed by atoms with Gasteiger partial charge in [-0.15, -0.1) is 12.1 Å². The van der Waals surface area contributed by atoms with E-state index in [1.165, 1.54) is 0 Å². The summed E-state index contributed by atoms with van der Waals surface area (Å²) in [4.78, 5) is 0. The fourth-order valence-electron chi connectivity index (χ4n) is 0.611. The van der Waals surface area contributed by atoms with Gasteiger partial charge < -0.3 is 10.5 Å². The molecule has 1 radical (unpaired) electrons. The number of methoxy groups -OCH3 is 1. The summed E-state index contributed by atoms with van der Waals surface area (Å²) < 4.78 is 4.86. The number of ether oxygens (including phenoxy) is 1. The fourth-order valence-corrected chi connectivity index (χ4v) is 0.611. The van der Waals surface area contributed by atoms with Crippen molar-refractivity contribution in [3.8, 4) is 5.75 Å². The number of hydrogen-bond donors (Lipinski definition) is 1. The average Bonchev–Trinajstić information content (AvgIpc) is 1.89. The van der Waals surface area contributed by atoms with Crippen LogP contribution in [-0.4, -0.2) is 7.11 Å². The molecule has 0 aromatic heterocycles. The molecule has 3 heteroatoms. The van der Waals surface area contributed by atoms with E-state index in [1.807, 2.05) is 6.07 Å². The van der Waals surface area contributed by atoms with Crippen LogP contribution in [0.15, 0.2) is 18.2 Å². The number of nitrogens with two attached hydrogens (primary N) is 1. The van der Waals surface area contributed by atoms with Crippen molar-refractivity contribution in [2.24, 2.45) is 0 Å². The maximum atomic E-state index is 5.47. The molecule has 10 heavy (non-hydrogen) atoms. The zero-order valence-corrected chi connectivity index (χ0v) is 7.06. The molecule has 0 aliphatic heterocycles. The van der Waals surface area contributed by atoms with Gasteiger partial charge in [0.05, 0.1) is 7.11 Å². The quantitative estimate of drug-likeness (QED) is 0.509. The van der Waals surface area contributed by atoms with Crippen LogP contribution in [0.1, 0.15) is 0 Å². The minimum Gasteiger partial charge on any atom is -0.521 e. The topological polar surface area (TPSA) is 35.2 Å². The second-order valence-electron chi connectivity index (χ2n) is 1.66. The summed E-state index contributed by atoms with van der Waals surface area (Å²) in [5.41, 5.74) is 6.10. The van der Waals surface area contributed by atoms with E-state index in [0.29, 0.717) is 11.4 Å². The van der Waals surface area contributed by atoms with Crippen molar-refractivity contribution in [3.63, 3.8) is 0 Å². The Kier molecular flexibility index (Phi) is 4.00. The van der Waals surface area contributed by atoms with Gasteiger partial charge in [-0.05, 0) is 5.69 Å². The van der Waals surface area contributed by atoms with Gasteiger partial charge in [-0.25, -0.2) is 0 Å². The molecule has 0 bridgehead atoms. The molecule has 2 nitrogen and oxygen atoms in total. The van der Waals surface area contributed by atoms with E-state index < -0.39 is 0 Å². The average molecular weight is 173 g/mol. The van der Waals surface area contributed by atoms with Gasteiger partial charge in [0.2, 0.25) is 0 Å². The molecule has 0 heterocycles. The maximum absolute atomic E-state index is 5.47. The van der Waals surface area contributed by atoms with Gasteiger partial charge in [0.15, 0.2) is 0 Å². The summed E-state index contributed by atoms with van der Waals surface area (Å²) in [6.07, 6.45) is 0. The SMILES string of the molecule is COc1[c-]cccc1N.[V]. The van der Waals surface area contributed by atoms with E-state index in [9.17, 15) is 0 Å². The Morgan fingerprint density at radius 1 is 1.60 bits per heavy atom. The summed E-state index contributed by atoms with van der Waals surface area (Å²) in [6, 6.07) is 8.19. The first-order valence-electron chi connectivity index (χ1n) is 2.65. The van der Waals surface area contributed by atoms with Crippen molar-refractivity contribution in [2.45, 2.75) is 0 Å². The van der Waals surface area contributed by atoms with Gasteiger partial charge in [-0.3, -0.25) is 0 Å². The van der Waals surface area contributed by atoms with Crippen molar-refractivity contribution in [2.75, 3.05) is 12.8 Å². The van der Waals surface area contributed by atoms with Gasteiger partial charge in [-0.2, -0.15) is 12.1 Å². The normalized spacial score (nSPS) is 8.10. The molecule has 53 valence electrons. The van der Waals surface area contributed by atoms with E-state index in [2.05, 4.69) is 6.07 Å². The van der Waals surface area contributed by atoms with Crippen LogP contribution in [0, 0.1) is 6.07 Å². The number of benzene rings is 1. The Labute approximate surface area is 72.3 Å². The Morgan fingerprint density at radius 2 is 2.30 bits per heavy atom. The third-order valence-corrected chi connectivity index (χ3v) is 1.05. The monoisotopic (exact) mass is 173 g/mol. The van der Waals surface area contributed by atoms with E-state index in [0.717, 1.165) is 0 Å². The summed E-state index contributed by atoms with van der Waals surface area (Å²) in [7, 11) is 1.57. The van der Waals surface area contributed by atoms with Crippen molar-refractivity contribution >= 4 is 5.69 Å². The minimum atomic E-state index is 0. The van der Waals surface area contributed by atoms with Crippen LogP contribution in [0.2, 0.25) is 0 Å². The molecule has 0 aliphatic rings. The largest absolute Gasteiger partial charge is 0.521 e. The van der Waals surface area contributed by atoms with Gasteiger partial charge in [0.25, 0.3) is 0 Å². The molecule has 2 N–H and O–H groups in total. The fraction of sp³-hybridized carbons (Fsp3) is 0.143. The molecule has 1 rings (SSSR count). The predicted octanol–water partition coefficient (Wildman–Crippen LogP) is 1.08. The molecular formula is C7H8NOV-. The predicted molar refractivity (Wildman–Crippen MR) is 36.2 cm³/mol. The summed E-state index contributed by atoms with van der Waals surface area (Å²) >= 11 is 0. The Hall–Kier alpha value is -0.596. The molecule has 0 saturated carbocycles. The molecule has 0 atom stereocenters. The third kappa shape index (κ3) is 1.97. The van der Waals surface area contributed by atoms with E-state index in [-0.39, 0.29) is 18.6 Å². The van der Waals surface area contributed by atoms with Crippen LogP contribution < -0.4 is 10.5 Å². The Balaban J connectivity index is 0.000000810. The summed E-state index contributed by atoms with van der Waals surface area (Å²) in [5.74, 6) is 0.609. The third-order valence-electron chi connectivity index (χ3n) is 1.05. The molecule has 0 spiro atoms. The van der Waals surface area contributed by atoms with Crippen LogP contribution >= 0.6 is 0 Å². The smallest absolute Gasteiger partial charge is 0.0744 e. The maximum Gasteiger partial charge on any atom is 0.0744 e. The summed E-state index contributed by atoms with van der Waals surface area (Å²) in [5, 5.41) is 0. The first kappa shape index (κ1) is 9.40. The van der Waals surface area contributed by atoms with E-state index in [1.54, 1.807) is 19.2 Å². The van der Waals surface area contributed by atoms with E-state index >= 15 is 0 Å². The molecule has 1 aromatic rings. The molecule has 1 aromatic carbocycles. The van der Waals surface area contributed by atoms with Gasteiger partial charge in [0.1, 0.15) is 0 Å². The Morgan fingerprint density at radius 3 is 2.70 bits per heavy atom. The second kappa shape index (κ2) is 4.26. The molecule has 0 unspecified atom stereocenters. The number of anilines is 1. The standard InChI is InChI=1S/C7H8NO.V/c1-9-7-5-3-2-4-6(7)8;/h2-4H,8H2,1H3;/q-1;. The minimum absolute atomic E-state index is 0. The van der Waals surface area contributed by atoms with E-state index in [4.69, 9.17) is 10.5 Å². The Bertz CT molecular complexity index is 203. The van der Waals surface area contributed by atoms with Gasteiger partial charge in [0, 0.05) is 24.3 Å². The number of hydrogen-bond acceptors (Lipinski definition) is 2. The molecule has 0 aliphatic carbocycles. The van der Waals surface area contributed by atoms with Crippen LogP contribution in [0.4, 0.5) is 5.69 Å². The summed E-state index contributed by atoms with van der Waals surface area (Å²) in [6.45, 7) is 0. The van der Waals surface area contributed by atoms with Crippen molar-refractivity contribution in [1.29, 1.82) is 0 Å². The number of para-hydroxylation sites is 1. The molecular weight excluding hydrogens is 165 g/mol. The molecule has 0 fully saturated rings. The molecule has 0 amide bonds. The number of rotatable bonds is 1. The first-order chi connectivity index (χ1) is 4.34. The first-order valence-corrected chi connectivity index (χ1v) is 2.65. The van der Waals surface area contributed by atoms with Gasteiger partial charge >= 0.3 is 0 Å². The van der Waals surface area contributed by atoms with Crippen molar-refractivity contribution in [1.82, 2.24) is 0 Å². The zero-order valence-electron chi connectivity index (χ0n) is 5.66. The van der Waals surface area contributed by atoms with Crippen LogP contribution in [0.5, 0.6) is 5.75 Å². The van der Waals surface area contributed by atoms with Crippen LogP contribution in [0.3, 0.4) is 0 Å². The second-order valence-corrected chi connectivity index (χ2v) is 1.66. The van der Waals surface area contributed by atoms with Crippen LogP contribution in [-0.2, 0) is 18.6 Å². The van der Waals surface area contributed by atoms with Gasteiger partial charge in [-0.1, -0.05) is 0 Å².